The molecule has 0 aliphatic heterocycles. The number of benzene rings is 1. The molecule has 1 saturated carbocycles. The van der Waals surface area contributed by atoms with E-state index in [0.29, 0.717) is 12.8 Å². The Balaban J connectivity index is 2.33. The molecule has 6 nitrogen and oxygen atoms in total. The number of hydrogen-bond acceptors (Lipinski definition) is 4. The van der Waals surface area contributed by atoms with Crippen LogP contribution in [-0.2, 0) is 10.0 Å². The summed E-state index contributed by atoms with van der Waals surface area (Å²) in [7, 11) is -3.70. The third-order valence-corrected chi connectivity index (χ3v) is 5.24. The quantitative estimate of drug-likeness (QED) is 0.338. The molecule has 1 fully saturated rings. The van der Waals surface area contributed by atoms with Crippen LogP contribution in [0.2, 0.25) is 0 Å². The van der Waals surface area contributed by atoms with Crippen LogP contribution in [0.3, 0.4) is 0 Å². The summed E-state index contributed by atoms with van der Waals surface area (Å²) >= 11 is 0. The fourth-order valence-electron chi connectivity index (χ4n) is 2.58. The number of nitrogens with zero attached hydrogens (tertiary/aromatic N) is 1. The molecule has 1 aromatic carbocycles. The Kier molecular flexibility index (Phi) is 4.29. The predicted molar refractivity (Wildman–Crippen MR) is 76.0 cm³/mol. The topological polar surface area (TPSA) is 105 Å². The van der Waals surface area contributed by atoms with Gasteiger partial charge in [0, 0.05) is 0 Å². The first kappa shape index (κ1) is 14.8. The van der Waals surface area contributed by atoms with Gasteiger partial charge in [-0.25, -0.2) is 8.42 Å². The summed E-state index contributed by atoms with van der Waals surface area (Å²) < 4.78 is 27.5. The molecule has 0 saturated heterocycles. The molecule has 7 heteroatoms. The molecule has 0 radical (unpaired) electrons. The second-order valence-corrected chi connectivity index (χ2v) is 6.73. The molecular formula is C13H19N3O3S. The zero-order chi connectivity index (χ0) is 14.6. The van der Waals surface area contributed by atoms with Crippen LogP contribution in [-0.4, -0.2) is 25.0 Å². The third-order valence-electron chi connectivity index (χ3n) is 3.69. The van der Waals surface area contributed by atoms with Gasteiger partial charge in [-0.2, -0.15) is 4.72 Å². The van der Waals surface area contributed by atoms with E-state index >= 15 is 0 Å². The van der Waals surface area contributed by atoms with Crippen molar-refractivity contribution in [1.29, 1.82) is 0 Å². The van der Waals surface area contributed by atoms with Gasteiger partial charge >= 0.3 is 0 Å². The number of amidine groups is 1. The van der Waals surface area contributed by atoms with Crippen molar-refractivity contribution in [2.75, 3.05) is 0 Å². The average Bonchev–Trinajstić information content (AvgIpc) is 2.48. The normalized spacial score (nSPS) is 19.7. The number of rotatable bonds is 4. The van der Waals surface area contributed by atoms with Crippen LogP contribution >= 0.6 is 0 Å². The first-order chi connectivity index (χ1) is 9.50. The summed E-state index contributed by atoms with van der Waals surface area (Å²) in [4.78, 5) is 0.177. The maximum atomic E-state index is 12.4. The van der Waals surface area contributed by atoms with E-state index in [1.165, 1.54) is 12.1 Å². The monoisotopic (exact) mass is 297 g/mol. The van der Waals surface area contributed by atoms with E-state index in [0.717, 1.165) is 19.3 Å². The number of nitrogens with one attached hydrogen (secondary N) is 1. The maximum absolute atomic E-state index is 12.4. The maximum Gasteiger partial charge on any atom is 0.241 e. The number of hydrogen-bond donors (Lipinski definition) is 3. The Bertz CT molecular complexity index is 578. The summed E-state index contributed by atoms with van der Waals surface area (Å²) in [5.41, 5.74) is 4.76. The van der Waals surface area contributed by atoms with E-state index in [9.17, 15) is 8.42 Å². The average molecular weight is 297 g/mol. The van der Waals surface area contributed by atoms with E-state index < -0.39 is 15.6 Å². The Morgan fingerprint density at radius 3 is 2.35 bits per heavy atom. The summed E-state index contributed by atoms with van der Waals surface area (Å²) in [5.74, 6) is -0.0725. The zero-order valence-electron chi connectivity index (χ0n) is 11.1. The van der Waals surface area contributed by atoms with Crippen molar-refractivity contribution in [1.82, 2.24) is 4.72 Å². The van der Waals surface area contributed by atoms with Crippen molar-refractivity contribution in [2.45, 2.75) is 42.5 Å². The molecule has 0 heterocycles. The second-order valence-electron chi connectivity index (χ2n) is 5.05. The summed E-state index contributed by atoms with van der Waals surface area (Å²) in [5, 5.41) is 12.0. The largest absolute Gasteiger partial charge is 0.409 e. The summed E-state index contributed by atoms with van der Waals surface area (Å²) in [6, 6.07) is 8.10. The second kappa shape index (κ2) is 5.80. The summed E-state index contributed by atoms with van der Waals surface area (Å²) in [6.07, 6.45) is 3.78. The molecule has 0 atom stereocenters. The Morgan fingerprint density at radius 1 is 1.20 bits per heavy atom. The van der Waals surface area contributed by atoms with Gasteiger partial charge in [-0.3, -0.25) is 0 Å². The molecule has 0 spiro atoms. The Labute approximate surface area is 118 Å². The van der Waals surface area contributed by atoms with E-state index in [4.69, 9.17) is 10.9 Å². The fraction of sp³-hybridized carbons (Fsp3) is 0.462. The molecular weight excluding hydrogens is 278 g/mol. The van der Waals surface area contributed by atoms with Crippen LogP contribution in [0.4, 0.5) is 0 Å². The molecule has 0 bridgehead atoms. The summed E-state index contributed by atoms with van der Waals surface area (Å²) in [6.45, 7) is 0. The lowest BCUT2D eigenvalue weighted by Crippen LogP contribution is -2.58. The molecule has 4 N–H and O–H groups in total. The van der Waals surface area contributed by atoms with Crippen molar-refractivity contribution in [3.8, 4) is 0 Å². The van der Waals surface area contributed by atoms with E-state index in [-0.39, 0.29) is 10.7 Å². The van der Waals surface area contributed by atoms with E-state index in [2.05, 4.69) is 9.88 Å². The molecule has 1 aliphatic rings. The SMILES string of the molecule is N/C(=N/O)C1(NS(=O)(=O)c2ccccc2)CCCCC1. The smallest absolute Gasteiger partial charge is 0.241 e. The highest BCUT2D eigenvalue weighted by Crippen LogP contribution is 2.30. The highest BCUT2D eigenvalue weighted by Gasteiger charge is 2.40. The molecule has 1 aromatic rings. The van der Waals surface area contributed by atoms with Crippen molar-refractivity contribution in [2.24, 2.45) is 10.9 Å². The van der Waals surface area contributed by atoms with Gasteiger partial charge in [-0.05, 0) is 25.0 Å². The number of sulfonamides is 1. The van der Waals surface area contributed by atoms with Crippen molar-refractivity contribution in [3.05, 3.63) is 30.3 Å². The standard InChI is InChI=1S/C13H19N3O3S/c14-12(15-17)13(9-5-2-6-10-13)16-20(18,19)11-7-3-1-4-8-11/h1,3-4,7-8,16-17H,2,5-6,9-10H2,(H2,14,15). The van der Waals surface area contributed by atoms with Crippen LogP contribution in [0.5, 0.6) is 0 Å². The van der Waals surface area contributed by atoms with Gasteiger partial charge in [0.1, 0.15) is 0 Å². The molecule has 20 heavy (non-hydrogen) atoms. The number of oxime groups is 1. The van der Waals surface area contributed by atoms with Gasteiger partial charge in [-0.15, -0.1) is 0 Å². The first-order valence-electron chi connectivity index (χ1n) is 6.57. The highest BCUT2D eigenvalue weighted by molar-refractivity contribution is 7.89. The van der Waals surface area contributed by atoms with Gasteiger partial charge in [0.05, 0.1) is 10.4 Å². The van der Waals surface area contributed by atoms with Gasteiger partial charge in [0.25, 0.3) is 0 Å². The third kappa shape index (κ3) is 2.94. The Morgan fingerprint density at radius 2 is 1.80 bits per heavy atom. The molecule has 2 rings (SSSR count). The molecule has 110 valence electrons. The van der Waals surface area contributed by atoms with Crippen LogP contribution in [0.1, 0.15) is 32.1 Å². The van der Waals surface area contributed by atoms with Crippen LogP contribution in [0, 0.1) is 0 Å². The minimum atomic E-state index is -3.70. The first-order valence-corrected chi connectivity index (χ1v) is 8.05. The zero-order valence-corrected chi connectivity index (χ0v) is 11.9. The molecule has 0 aromatic heterocycles. The van der Waals surface area contributed by atoms with Crippen LogP contribution in [0.25, 0.3) is 0 Å². The van der Waals surface area contributed by atoms with Crippen LogP contribution in [0.15, 0.2) is 40.4 Å². The molecule has 1 aliphatic carbocycles. The van der Waals surface area contributed by atoms with Crippen molar-refractivity contribution in [3.63, 3.8) is 0 Å². The van der Waals surface area contributed by atoms with Crippen molar-refractivity contribution >= 4 is 15.9 Å². The van der Waals surface area contributed by atoms with Crippen molar-refractivity contribution < 1.29 is 13.6 Å². The lowest BCUT2D eigenvalue weighted by atomic mass is 9.82. The molecule has 0 amide bonds. The lowest BCUT2D eigenvalue weighted by molar-refractivity contribution is 0.294. The minimum absolute atomic E-state index is 0.0725. The van der Waals surface area contributed by atoms with Gasteiger partial charge in [0.2, 0.25) is 10.0 Å². The van der Waals surface area contributed by atoms with E-state index in [1.54, 1.807) is 18.2 Å². The van der Waals surface area contributed by atoms with Gasteiger partial charge in [-0.1, -0.05) is 42.6 Å². The molecule has 0 unspecified atom stereocenters. The van der Waals surface area contributed by atoms with Gasteiger partial charge < -0.3 is 10.9 Å². The highest BCUT2D eigenvalue weighted by atomic mass is 32.2. The fourth-order valence-corrected chi connectivity index (χ4v) is 4.03. The Hall–Kier alpha value is -1.60. The lowest BCUT2D eigenvalue weighted by Gasteiger charge is -2.36. The van der Waals surface area contributed by atoms with Gasteiger partial charge in [0.15, 0.2) is 5.84 Å². The predicted octanol–water partition coefficient (Wildman–Crippen LogP) is 1.41. The van der Waals surface area contributed by atoms with E-state index in [1.807, 2.05) is 0 Å². The van der Waals surface area contributed by atoms with Crippen LogP contribution < -0.4 is 10.5 Å². The number of nitrogens with two attached hydrogens (primary N) is 1. The minimum Gasteiger partial charge on any atom is -0.409 e.